The number of hydrogen-bond acceptors (Lipinski definition) is 3. The number of rotatable bonds is 6. The molecule has 6 aliphatic rings. The molecule has 3 heterocycles. The lowest BCUT2D eigenvalue weighted by atomic mass is 9.33. The third kappa shape index (κ3) is 7.54. The SMILES string of the molecule is CC1(C)CCC(C)(C)c2cc(N3c4cc5c(cc4B4c6cc(-c7ccccc7)ccc6N(c6ccc(-c7ccccc7)cc6)c6cc(N7c8ccc(-c9ccccc9)cc8C8(C)CCCCC78C)cc3c64)C(C)(C)CCC5(C)C)ccc21. The van der Waals surface area contributed by atoms with Crippen LogP contribution in [0.1, 0.15) is 148 Å². The van der Waals surface area contributed by atoms with Crippen LogP contribution in [0.25, 0.3) is 33.4 Å². The van der Waals surface area contributed by atoms with Crippen LogP contribution in [-0.2, 0) is 27.1 Å². The molecule has 3 aliphatic carbocycles. The molecule has 408 valence electrons. The van der Waals surface area contributed by atoms with Crippen molar-refractivity contribution in [2.75, 3.05) is 14.7 Å². The zero-order valence-corrected chi connectivity index (χ0v) is 50.1. The molecule has 2 unspecified atom stereocenters. The molecule has 0 N–H and O–H groups in total. The van der Waals surface area contributed by atoms with Crippen LogP contribution in [0.5, 0.6) is 0 Å². The third-order valence-electron chi connectivity index (χ3n) is 21.9. The van der Waals surface area contributed by atoms with E-state index in [1.165, 1.54) is 137 Å². The Morgan fingerprint density at radius 2 is 0.756 bits per heavy atom. The summed E-state index contributed by atoms with van der Waals surface area (Å²) in [5.41, 5.74) is 29.1. The van der Waals surface area contributed by atoms with Crippen molar-refractivity contribution in [3.8, 4) is 33.4 Å². The molecule has 9 aromatic carbocycles. The molecular weight excluding hydrogens is 990 g/mol. The Hall–Kier alpha value is -7.56. The molecule has 3 nitrogen and oxygen atoms in total. The summed E-state index contributed by atoms with van der Waals surface area (Å²) >= 11 is 0. The smallest absolute Gasteiger partial charge is 0.252 e. The van der Waals surface area contributed by atoms with Crippen LogP contribution in [0.15, 0.2) is 194 Å². The first-order chi connectivity index (χ1) is 39.4. The lowest BCUT2D eigenvalue weighted by molar-refractivity contribution is 0.195. The second-order valence-corrected chi connectivity index (χ2v) is 28.5. The van der Waals surface area contributed by atoms with Gasteiger partial charge in [-0.1, -0.05) is 209 Å². The summed E-state index contributed by atoms with van der Waals surface area (Å²) < 4.78 is 0. The van der Waals surface area contributed by atoms with Crippen molar-refractivity contribution in [2.24, 2.45) is 0 Å². The molecule has 82 heavy (non-hydrogen) atoms. The van der Waals surface area contributed by atoms with Crippen LogP contribution in [-0.4, -0.2) is 12.3 Å². The van der Waals surface area contributed by atoms with Crippen LogP contribution in [0.2, 0.25) is 0 Å². The van der Waals surface area contributed by atoms with E-state index < -0.39 is 0 Å². The van der Waals surface area contributed by atoms with E-state index in [4.69, 9.17) is 0 Å². The molecule has 3 aliphatic heterocycles. The molecule has 9 aromatic rings. The lowest BCUT2D eigenvalue weighted by Crippen LogP contribution is -2.62. The predicted octanol–water partition coefficient (Wildman–Crippen LogP) is 19.2. The molecule has 0 amide bonds. The highest BCUT2D eigenvalue weighted by Gasteiger charge is 2.58. The zero-order valence-electron chi connectivity index (χ0n) is 50.1. The van der Waals surface area contributed by atoms with Gasteiger partial charge < -0.3 is 14.7 Å². The summed E-state index contributed by atoms with van der Waals surface area (Å²) in [5.74, 6) is 0. The van der Waals surface area contributed by atoms with E-state index in [1.807, 2.05) is 0 Å². The van der Waals surface area contributed by atoms with E-state index in [9.17, 15) is 0 Å². The van der Waals surface area contributed by atoms with Gasteiger partial charge in [0.1, 0.15) is 0 Å². The maximum absolute atomic E-state index is 2.84. The summed E-state index contributed by atoms with van der Waals surface area (Å²) in [5, 5.41) is 0. The molecule has 0 bridgehead atoms. The Labute approximate surface area is 489 Å². The minimum Gasteiger partial charge on any atom is -0.334 e. The molecule has 0 saturated heterocycles. The van der Waals surface area contributed by atoms with Crippen LogP contribution in [0, 0.1) is 0 Å². The van der Waals surface area contributed by atoms with Crippen LogP contribution in [0.3, 0.4) is 0 Å². The van der Waals surface area contributed by atoms with Crippen molar-refractivity contribution in [1.29, 1.82) is 0 Å². The van der Waals surface area contributed by atoms with E-state index >= 15 is 0 Å². The average molecular weight is 1070 g/mol. The minimum atomic E-state index is -0.184. The number of nitrogens with zero attached hydrogens (tertiary/aromatic N) is 3. The van der Waals surface area contributed by atoms with E-state index in [0.717, 1.165) is 37.8 Å². The molecule has 0 radical (unpaired) electrons. The maximum atomic E-state index is 2.84. The largest absolute Gasteiger partial charge is 0.334 e. The highest BCUT2D eigenvalue weighted by atomic mass is 15.3. The topological polar surface area (TPSA) is 9.72 Å². The second-order valence-electron chi connectivity index (χ2n) is 28.5. The molecular formula is C78H78BN3. The van der Waals surface area contributed by atoms with Gasteiger partial charge in [-0.3, -0.25) is 0 Å². The molecule has 2 atom stereocenters. The highest BCUT2D eigenvalue weighted by Crippen LogP contribution is 2.63. The van der Waals surface area contributed by atoms with Gasteiger partial charge in [-0.05, 0) is 205 Å². The average Bonchev–Trinajstić information content (AvgIpc) is 1.48. The number of benzene rings is 9. The van der Waals surface area contributed by atoms with Crippen molar-refractivity contribution >= 4 is 68.6 Å². The second kappa shape index (κ2) is 18.0. The Morgan fingerprint density at radius 3 is 1.35 bits per heavy atom. The molecule has 15 rings (SSSR count). The van der Waals surface area contributed by atoms with Gasteiger partial charge in [0.2, 0.25) is 0 Å². The summed E-state index contributed by atoms with van der Waals surface area (Å²) in [4.78, 5) is 8.27. The molecule has 1 fully saturated rings. The maximum Gasteiger partial charge on any atom is 0.252 e. The van der Waals surface area contributed by atoms with Gasteiger partial charge in [0, 0.05) is 50.9 Å². The normalized spacial score (nSPS) is 21.8. The van der Waals surface area contributed by atoms with Crippen molar-refractivity contribution in [2.45, 2.75) is 153 Å². The van der Waals surface area contributed by atoms with Gasteiger partial charge in [-0.15, -0.1) is 0 Å². The van der Waals surface area contributed by atoms with Gasteiger partial charge in [0.05, 0.1) is 5.54 Å². The standard InChI is InChI=1S/C78H78BN3/c1-73(2)40-41-74(3,4)61-46-58(34-35-60(61)73)81-69-50-63-62(75(5,6)42-43-76(63,7)8)49-66(69)79-65-45-56(53-26-18-13-19-27-53)31-37-68(65)80(57-32-28-54(29-33-57)51-22-14-11-15-23-51)70-47-59(48-71(81)72(70)79)82-67-36-30-55(52-24-16-12-17-25-52)44-64(67)77(9)38-20-21-39-78(77,82)10/h11-19,22-37,44-50H,20-21,38-43H2,1-10H3. The Bertz CT molecular complexity index is 4040. The van der Waals surface area contributed by atoms with E-state index in [0.29, 0.717) is 0 Å². The Balaban J connectivity index is 1.07. The Kier molecular flexibility index (Phi) is 11.3. The van der Waals surface area contributed by atoms with Gasteiger partial charge in [-0.25, -0.2) is 0 Å². The first kappa shape index (κ1) is 51.3. The fourth-order valence-corrected chi connectivity index (χ4v) is 16.6. The van der Waals surface area contributed by atoms with Gasteiger partial charge in [-0.2, -0.15) is 0 Å². The molecule has 1 saturated carbocycles. The number of anilines is 8. The highest BCUT2D eigenvalue weighted by molar-refractivity contribution is 7.00. The monoisotopic (exact) mass is 1070 g/mol. The first-order valence-electron chi connectivity index (χ1n) is 30.8. The quantitative estimate of drug-likeness (QED) is 0.154. The fraction of sp³-hybridized carbons (Fsp3) is 0.308. The van der Waals surface area contributed by atoms with E-state index in [-0.39, 0.29) is 39.3 Å². The van der Waals surface area contributed by atoms with Crippen molar-refractivity contribution in [3.63, 3.8) is 0 Å². The summed E-state index contributed by atoms with van der Waals surface area (Å²) in [6, 6.07) is 75.7. The summed E-state index contributed by atoms with van der Waals surface area (Å²) in [6.07, 6.45) is 9.36. The molecule has 0 spiro atoms. The number of fused-ring (bicyclic) bond motifs is 9. The summed E-state index contributed by atoms with van der Waals surface area (Å²) in [7, 11) is 0. The lowest BCUT2D eigenvalue weighted by Gasteiger charge is -2.51. The summed E-state index contributed by atoms with van der Waals surface area (Å²) in [6.45, 7) is 25.1. The third-order valence-corrected chi connectivity index (χ3v) is 21.9. The van der Waals surface area contributed by atoms with Crippen LogP contribution in [0.4, 0.5) is 45.5 Å². The first-order valence-corrected chi connectivity index (χ1v) is 30.8. The number of hydrogen-bond donors (Lipinski definition) is 0. The van der Waals surface area contributed by atoms with Gasteiger partial charge in [0.25, 0.3) is 6.71 Å². The van der Waals surface area contributed by atoms with Crippen LogP contribution >= 0.6 is 0 Å². The molecule has 0 aromatic heterocycles. The van der Waals surface area contributed by atoms with Crippen molar-refractivity contribution < 1.29 is 0 Å². The van der Waals surface area contributed by atoms with Gasteiger partial charge in [0.15, 0.2) is 0 Å². The fourth-order valence-electron chi connectivity index (χ4n) is 16.6. The van der Waals surface area contributed by atoms with Gasteiger partial charge >= 0.3 is 0 Å². The molecule has 4 heteroatoms. The van der Waals surface area contributed by atoms with Crippen LogP contribution < -0.4 is 31.1 Å². The predicted molar refractivity (Wildman–Crippen MR) is 350 cm³/mol. The van der Waals surface area contributed by atoms with Crippen molar-refractivity contribution in [3.05, 3.63) is 222 Å². The van der Waals surface area contributed by atoms with E-state index in [1.54, 1.807) is 0 Å². The van der Waals surface area contributed by atoms with Crippen molar-refractivity contribution in [1.82, 2.24) is 0 Å². The minimum absolute atomic E-state index is 0.00621. The zero-order chi connectivity index (χ0) is 56.3. The van der Waals surface area contributed by atoms with E-state index in [2.05, 4.69) is 278 Å². The Morgan fingerprint density at radius 1 is 0.305 bits per heavy atom.